The van der Waals surface area contributed by atoms with Crippen molar-refractivity contribution in [3.63, 3.8) is 0 Å². The maximum atomic E-state index is 13.6. The van der Waals surface area contributed by atoms with Crippen molar-refractivity contribution in [2.45, 2.75) is 24.8 Å². The van der Waals surface area contributed by atoms with Gasteiger partial charge < -0.3 is 9.72 Å². The number of nitrogens with one attached hydrogen (secondary N) is 1. The second-order valence-electron chi connectivity index (χ2n) is 8.30. The Hall–Kier alpha value is -3.75. The number of hydrogen-bond acceptors (Lipinski definition) is 5. The minimum atomic E-state index is -3.97. The van der Waals surface area contributed by atoms with Crippen LogP contribution in [0.1, 0.15) is 27.0 Å². The molecule has 0 aliphatic heterocycles. The number of pyridine rings is 1. The Morgan fingerprint density at radius 3 is 2.37 bits per heavy atom. The van der Waals surface area contributed by atoms with E-state index in [1.165, 1.54) is 35.7 Å². The molecule has 1 N–H and O–H groups in total. The van der Waals surface area contributed by atoms with Gasteiger partial charge in [0.05, 0.1) is 17.6 Å². The van der Waals surface area contributed by atoms with Gasteiger partial charge in [0.2, 0.25) is 10.0 Å². The molecule has 4 rings (SSSR count). The molecule has 35 heavy (non-hydrogen) atoms. The van der Waals surface area contributed by atoms with Gasteiger partial charge in [0.25, 0.3) is 5.56 Å². The van der Waals surface area contributed by atoms with E-state index in [4.69, 9.17) is 4.74 Å². The third-order valence-corrected chi connectivity index (χ3v) is 7.69. The Balaban J connectivity index is 1.70. The number of carbonyl (C=O) groups is 1. The standard InChI is InChI=1S/C27H26N2O5S/c1-19-8-13-25-22(16-19)17-23(26(30)28-25)18-29(15-14-20-6-4-3-5-7-20)35(32,33)24-11-9-21(10-12-24)27(31)34-2/h3-13,16-17H,14-15,18H2,1-2H3,(H,28,30). The van der Waals surface area contributed by atoms with E-state index in [9.17, 15) is 18.0 Å². The molecule has 0 saturated carbocycles. The fourth-order valence-electron chi connectivity index (χ4n) is 3.89. The lowest BCUT2D eigenvalue weighted by Crippen LogP contribution is -2.34. The van der Waals surface area contributed by atoms with Crippen molar-refractivity contribution in [1.29, 1.82) is 0 Å². The SMILES string of the molecule is COC(=O)c1ccc(S(=O)(=O)N(CCc2ccccc2)Cc2cc3cc(C)ccc3[nH]c2=O)cc1. The van der Waals surface area contributed by atoms with Crippen LogP contribution in [0.2, 0.25) is 0 Å². The van der Waals surface area contributed by atoms with Crippen LogP contribution in [0.5, 0.6) is 0 Å². The van der Waals surface area contributed by atoms with Gasteiger partial charge in [-0.3, -0.25) is 4.79 Å². The van der Waals surface area contributed by atoms with Crippen molar-refractivity contribution in [3.8, 4) is 0 Å². The van der Waals surface area contributed by atoms with Gasteiger partial charge >= 0.3 is 5.97 Å². The number of sulfonamides is 1. The molecule has 0 bridgehead atoms. The molecular formula is C27H26N2O5S. The van der Waals surface area contributed by atoms with E-state index in [0.717, 1.165) is 16.5 Å². The smallest absolute Gasteiger partial charge is 0.337 e. The van der Waals surface area contributed by atoms with Gasteiger partial charge in [0.1, 0.15) is 0 Å². The van der Waals surface area contributed by atoms with Crippen LogP contribution in [-0.2, 0) is 27.7 Å². The summed E-state index contributed by atoms with van der Waals surface area (Å²) in [7, 11) is -2.70. The Labute approximate surface area is 204 Å². The van der Waals surface area contributed by atoms with Crippen molar-refractivity contribution in [2.24, 2.45) is 0 Å². The lowest BCUT2D eigenvalue weighted by atomic mass is 10.1. The minimum Gasteiger partial charge on any atom is -0.465 e. The van der Waals surface area contributed by atoms with E-state index < -0.39 is 16.0 Å². The van der Waals surface area contributed by atoms with Gasteiger partial charge in [0, 0.05) is 24.2 Å². The number of carbonyl (C=O) groups excluding carboxylic acids is 1. The molecule has 0 aliphatic carbocycles. The zero-order chi connectivity index (χ0) is 25.0. The average Bonchev–Trinajstić information content (AvgIpc) is 2.87. The average molecular weight is 491 g/mol. The molecule has 3 aromatic carbocycles. The first kappa shape index (κ1) is 24.4. The number of ether oxygens (including phenoxy) is 1. The Bertz CT molecular complexity index is 1510. The predicted molar refractivity (Wildman–Crippen MR) is 135 cm³/mol. The van der Waals surface area contributed by atoms with Crippen LogP contribution in [-0.4, -0.2) is 37.3 Å². The van der Waals surface area contributed by atoms with Crippen LogP contribution in [0.4, 0.5) is 0 Å². The van der Waals surface area contributed by atoms with Gasteiger partial charge in [0.15, 0.2) is 0 Å². The number of H-pyrrole nitrogens is 1. The summed E-state index contributed by atoms with van der Waals surface area (Å²) in [4.78, 5) is 27.5. The van der Waals surface area contributed by atoms with Crippen LogP contribution < -0.4 is 5.56 Å². The molecular weight excluding hydrogens is 464 g/mol. The monoisotopic (exact) mass is 490 g/mol. The van der Waals surface area contributed by atoms with Crippen molar-refractivity contribution in [1.82, 2.24) is 9.29 Å². The largest absolute Gasteiger partial charge is 0.465 e. The molecule has 0 amide bonds. The normalized spacial score (nSPS) is 11.6. The molecule has 0 atom stereocenters. The van der Waals surface area contributed by atoms with Gasteiger partial charge in [-0.25, -0.2) is 13.2 Å². The number of hydrogen-bond donors (Lipinski definition) is 1. The molecule has 0 aliphatic rings. The summed E-state index contributed by atoms with van der Waals surface area (Å²) in [5, 5.41) is 0.836. The van der Waals surface area contributed by atoms with E-state index in [2.05, 4.69) is 4.98 Å². The van der Waals surface area contributed by atoms with Gasteiger partial charge in [-0.05, 0) is 66.8 Å². The molecule has 4 aromatic rings. The van der Waals surface area contributed by atoms with Crippen molar-refractivity contribution in [3.05, 3.63) is 111 Å². The van der Waals surface area contributed by atoms with Gasteiger partial charge in [-0.2, -0.15) is 4.31 Å². The topological polar surface area (TPSA) is 96.5 Å². The maximum absolute atomic E-state index is 13.6. The highest BCUT2D eigenvalue weighted by Gasteiger charge is 2.26. The molecule has 180 valence electrons. The molecule has 8 heteroatoms. The summed E-state index contributed by atoms with van der Waals surface area (Å²) in [5.41, 5.74) is 2.99. The van der Waals surface area contributed by atoms with Crippen LogP contribution in [0, 0.1) is 6.92 Å². The van der Waals surface area contributed by atoms with Crippen LogP contribution in [0.15, 0.2) is 88.6 Å². The molecule has 1 heterocycles. The third-order valence-electron chi connectivity index (χ3n) is 5.83. The van der Waals surface area contributed by atoms with E-state index in [0.29, 0.717) is 17.5 Å². The van der Waals surface area contributed by atoms with Crippen LogP contribution in [0.3, 0.4) is 0 Å². The Morgan fingerprint density at radius 2 is 1.69 bits per heavy atom. The van der Waals surface area contributed by atoms with Gasteiger partial charge in [-0.1, -0.05) is 42.0 Å². The number of aryl methyl sites for hydroxylation is 1. The number of benzene rings is 3. The lowest BCUT2D eigenvalue weighted by Gasteiger charge is -2.22. The first-order chi connectivity index (χ1) is 16.8. The number of nitrogens with zero attached hydrogens (tertiary/aromatic N) is 1. The van der Waals surface area contributed by atoms with E-state index >= 15 is 0 Å². The fourth-order valence-corrected chi connectivity index (χ4v) is 5.31. The highest BCUT2D eigenvalue weighted by Crippen LogP contribution is 2.21. The fraction of sp³-hybridized carbons (Fsp3) is 0.185. The van der Waals surface area contributed by atoms with E-state index in [1.807, 2.05) is 55.5 Å². The van der Waals surface area contributed by atoms with Crippen LogP contribution >= 0.6 is 0 Å². The maximum Gasteiger partial charge on any atom is 0.337 e. The third kappa shape index (κ3) is 5.50. The highest BCUT2D eigenvalue weighted by molar-refractivity contribution is 7.89. The van der Waals surface area contributed by atoms with Crippen molar-refractivity contribution >= 4 is 26.9 Å². The zero-order valence-electron chi connectivity index (χ0n) is 19.5. The molecule has 7 nitrogen and oxygen atoms in total. The van der Waals surface area contributed by atoms with E-state index in [1.54, 1.807) is 6.07 Å². The van der Waals surface area contributed by atoms with Crippen LogP contribution in [0.25, 0.3) is 10.9 Å². The first-order valence-corrected chi connectivity index (χ1v) is 12.6. The summed E-state index contributed by atoms with van der Waals surface area (Å²) < 4.78 is 33.3. The molecule has 0 radical (unpaired) electrons. The predicted octanol–water partition coefficient (Wildman–Crippen LogP) is 4.06. The molecule has 0 unspecified atom stereocenters. The number of methoxy groups -OCH3 is 1. The number of fused-ring (bicyclic) bond motifs is 1. The summed E-state index contributed by atoms with van der Waals surface area (Å²) in [6, 6.07) is 22.6. The highest BCUT2D eigenvalue weighted by atomic mass is 32.2. The molecule has 0 saturated heterocycles. The minimum absolute atomic E-state index is 0.0336. The summed E-state index contributed by atoms with van der Waals surface area (Å²) in [5.74, 6) is -0.548. The molecule has 0 fully saturated rings. The Kier molecular flexibility index (Phi) is 7.14. The molecule has 1 aromatic heterocycles. The number of esters is 1. The van der Waals surface area contributed by atoms with Crippen molar-refractivity contribution in [2.75, 3.05) is 13.7 Å². The first-order valence-electron chi connectivity index (χ1n) is 11.1. The second-order valence-corrected chi connectivity index (χ2v) is 10.2. The summed E-state index contributed by atoms with van der Waals surface area (Å²) in [6.07, 6.45) is 0.477. The van der Waals surface area contributed by atoms with E-state index in [-0.39, 0.29) is 29.1 Å². The number of aromatic amines is 1. The zero-order valence-corrected chi connectivity index (χ0v) is 20.3. The quantitative estimate of drug-likeness (QED) is 0.376. The van der Waals surface area contributed by atoms with Crippen molar-refractivity contribution < 1.29 is 17.9 Å². The molecule has 0 spiro atoms. The summed E-state index contributed by atoms with van der Waals surface area (Å²) >= 11 is 0. The number of rotatable bonds is 8. The second kappa shape index (κ2) is 10.2. The van der Waals surface area contributed by atoms with Gasteiger partial charge in [-0.15, -0.1) is 0 Å². The lowest BCUT2D eigenvalue weighted by molar-refractivity contribution is 0.0600. The summed E-state index contributed by atoms with van der Waals surface area (Å²) in [6.45, 7) is 2.04. The number of aromatic nitrogens is 1. The Morgan fingerprint density at radius 1 is 0.971 bits per heavy atom.